The van der Waals surface area contributed by atoms with E-state index in [1.807, 2.05) is 44.2 Å². The number of hydrogen-bond acceptors (Lipinski definition) is 4. The average Bonchev–Trinajstić information content (AvgIpc) is 3.12. The third kappa shape index (κ3) is 5.04. The minimum absolute atomic E-state index is 0.0490. The largest absolute Gasteiger partial charge is 0.444 e. The van der Waals surface area contributed by atoms with E-state index in [9.17, 15) is 9.59 Å². The number of nitrogens with one attached hydrogen (secondary N) is 2. The van der Waals surface area contributed by atoms with Crippen molar-refractivity contribution in [1.82, 2.24) is 4.98 Å². The highest BCUT2D eigenvalue weighted by Gasteiger charge is 2.11. The Morgan fingerprint density at radius 2 is 1.59 bits per heavy atom. The first kappa shape index (κ1) is 18.4. The Morgan fingerprint density at radius 3 is 2.22 bits per heavy atom. The molecule has 0 bridgehead atoms. The van der Waals surface area contributed by atoms with Crippen molar-refractivity contribution in [3.63, 3.8) is 0 Å². The van der Waals surface area contributed by atoms with Crippen LogP contribution in [0.3, 0.4) is 0 Å². The molecular weight excluding hydrogens is 342 g/mol. The first-order valence-corrected chi connectivity index (χ1v) is 8.72. The van der Waals surface area contributed by atoms with Gasteiger partial charge in [0.15, 0.2) is 0 Å². The second kappa shape index (κ2) is 8.31. The standard InChI is InChI=1S/C21H21N3O3/c1-14(2)20(26)23-17-10-8-16(9-11-17)22-19(25)12-18-13-27-21(24-18)15-6-4-3-5-7-15/h3-11,13-14H,12H2,1-2H3,(H,22,25)(H,23,26). The van der Waals surface area contributed by atoms with Crippen LogP contribution in [0.2, 0.25) is 0 Å². The molecule has 0 saturated heterocycles. The van der Waals surface area contributed by atoms with Crippen molar-refractivity contribution in [2.45, 2.75) is 20.3 Å². The zero-order chi connectivity index (χ0) is 19.2. The van der Waals surface area contributed by atoms with Crippen molar-refractivity contribution < 1.29 is 14.0 Å². The molecule has 0 saturated carbocycles. The molecule has 0 unspecified atom stereocenters. The van der Waals surface area contributed by atoms with Gasteiger partial charge in [0.2, 0.25) is 17.7 Å². The van der Waals surface area contributed by atoms with Gasteiger partial charge in [-0.2, -0.15) is 0 Å². The summed E-state index contributed by atoms with van der Waals surface area (Å²) in [5.41, 5.74) is 2.76. The number of benzene rings is 2. The molecule has 6 nitrogen and oxygen atoms in total. The Kier molecular flexibility index (Phi) is 5.66. The Morgan fingerprint density at radius 1 is 0.963 bits per heavy atom. The zero-order valence-electron chi connectivity index (χ0n) is 15.2. The molecule has 138 valence electrons. The van der Waals surface area contributed by atoms with Crippen LogP contribution >= 0.6 is 0 Å². The number of nitrogens with zero attached hydrogens (tertiary/aromatic N) is 1. The van der Waals surface area contributed by atoms with Gasteiger partial charge in [-0.25, -0.2) is 4.98 Å². The molecule has 2 aromatic carbocycles. The molecule has 0 aliphatic rings. The number of oxazole rings is 1. The SMILES string of the molecule is CC(C)C(=O)Nc1ccc(NC(=O)Cc2coc(-c3ccccc3)n2)cc1. The Balaban J connectivity index is 1.56. The van der Waals surface area contributed by atoms with Gasteiger partial charge in [0, 0.05) is 22.9 Å². The van der Waals surface area contributed by atoms with Crippen LogP contribution in [0.5, 0.6) is 0 Å². The molecule has 1 heterocycles. The molecule has 6 heteroatoms. The van der Waals surface area contributed by atoms with Crippen LogP contribution in [-0.4, -0.2) is 16.8 Å². The van der Waals surface area contributed by atoms with Crippen LogP contribution in [0.1, 0.15) is 19.5 Å². The number of aromatic nitrogens is 1. The highest BCUT2D eigenvalue weighted by molar-refractivity contribution is 5.94. The molecule has 3 rings (SSSR count). The Bertz CT molecular complexity index is 915. The van der Waals surface area contributed by atoms with Gasteiger partial charge in [-0.15, -0.1) is 0 Å². The summed E-state index contributed by atoms with van der Waals surface area (Å²) in [6.07, 6.45) is 1.61. The van der Waals surface area contributed by atoms with E-state index in [4.69, 9.17) is 4.42 Å². The lowest BCUT2D eigenvalue weighted by Crippen LogP contribution is -2.18. The molecule has 27 heavy (non-hydrogen) atoms. The van der Waals surface area contributed by atoms with Gasteiger partial charge in [0.25, 0.3) is 0 Å². The summed E-state index contributed by atoms with van der Waals surface area (Å²) in [7, 11) is 0. The van der Waals surface area contributed by atoms with E-state index in [1.165, 1.54) is 6.26 Å². The Hall–Kier alpha value is -3.41. The molecule has 0 aliphatic heterocycles. The van der Waals surface area contributed by atoms with E-state index in [-0.39, 0.29) is 24.2 Å². The number of anilines is 2. The minimum atomic E-state index is -0.193. The lowest BCUT2D eigenvalue weighted by Gasteiger charge is -2.09. The molecular formula is C21H21N3O3. The number of rotatable bonds is 6. The van der Waals surface area contributed by atoms with Gasteiger partial charge < -0.3 is 15.1 Å². The number of carbonyl (C=O) groups is 2. The zero-order valence-corrected chi connectivity index (χ0v) is 15.2. The quantitative estimate of drug-likeness (QED) is 0.690. The molecule has 0 fully saturated rings. The van der Waals surface area contributed by atoms with Crippen molar-refractivity contribution in [3.8, 4) is 11.5 Å². The molecule has 0 radical (unpaired) electrons. The number of amides is 2. The lowest BCUT2D eigenvalue weighted by molar-refractivity contribution is -0.119. The van der Waals surface area contributed by atoms with E-state index in [1.54, 1.807) is 24.3 Å². The second-order valence-electron chi connectivity index (χ2n) is 6.46. The maximum absolute atomic E-state index is 12.2. The monoisotopic (exact) mass is 363 g/mol. The molecule has 0 atom stereocenters. The molecule has 0 spiro atoms. The van der Waals surface area contributed by atoms with Gasteiger partial charge >= 0.3 is 0 Å². The summed E-state index contributed by atoms with van der Waals surface area (Å²) >= 11 is 0. The highest BCUT2D eigenvalue weighted by atomic mass is 16.3. The molecule has 0 aliphatic carbocycles. The second-order valence-corrected chi connectivity index (χ2v) is 6.46. The van der Waals surface area contributed by atoms with Crippen molar-refractivity contribution in [1.29, 1.82) is 0 Å². The summed E-state index contributed by atoms with van der Waals surface area (Å²) < 4.78 is 5.44. The number of hydrogen-bond donors (Lipinski definition) is 2. The predicted molar refractivity (Wildman–Crippen MR) is 104 cm³/mol. The maximum atomic E-state index is 12.2. The van der Waals surface area contributed by atoms with E-state index in [0.29, 0.717) is 23.0 Å². The third-order valence-electron chi connectivity index (χ3n) is 3.87. The van der Waals surface area contributed by atoms with E-state index < -0.39 is 0 Å². The first-order valence-electron chi connectivity index (χ1n) is 8.72. The van der Waals surface area contributed by atoms with Gasteiger partial charge in [-0.3, -0.25) is 9.59 Å². The molecule has 1 aromatic heterocycles. The van der Waals surface area contributed by atoms with Crippen molar-refractivity contribution >= 4 is 23.2 Å². The summed E-state index contributed by atoms with van der Waals surface area (Å²) in [5, 5.41) is 5.62. The fourth-order valence-corrected chi connectivity index (χ4v) is 2.39. The minimum Gasteiger partial charge on any atom is -0.444 e. The van der Waals surface area contributed by atoms with Crippen LogP contribution in [-0.2, 0) is 16.0 Å². The third-order valence-corrected chi connectivity index (χ3v) is 3.87. The topological polar surface area (TPSA) is 84.2 Å². The van der Waals surface area contributed by atoms with Crippen molar-refractivity contribution in [2.24, 2.45) is 5.92 Å². The molecule has 2 amide bonds. The predicted octanol–water partition coefficient (Wildman–Crippen LogP) is 4.12. The van der Waals surface area contributed by atoms with Gasteiger partial charge in [0.05, 0.1) is 12.1 Å². The van der Waals surface area contributed by atoms with Crippen LogP contribution in [0.25, 0.3) is 11.5 Å². The first-order chi connectivity index (χ1) is 13.0. The van der Waals surface area contributed by atoms with Gasteiger partial charge in [0.1, 0.15) is 6.26 Å². The molecule has 3 aromatic rings. The maximum Gasteiger partial charge on any atom is 0.230 e. The smallest absolute Gasteiger partial charge is 0.230 e. The normalized spacial score (nSPS) is 10.6. The van der Waals surface area contributed by atoms with E-state index in [2.05, 4.69) is 15.6 Å². The summed E-state index contributed by atoms with van der Waals surface area (Å²) in [4.78, 5) is 28.3. The lowest BCUT2D eigenvalue weighted by atomic mass is 10.2. The Labute approximate surface area is 157 Å². The summed E-state index contributed by atoms with van der Waals surface area (Å²) in [6, 6.07) is 16.5. The van der Waals surface area contributed by atoms with Crippen molar-refractivity contribution in [2.75, 3.05) is 10.6 Å². The van der Waals surface area contributed by atoms with E-state index in [0.717, 1.165) is 5.56 Å². The summed E-state index contributed by atoms with van der Waals surface area (Å²) in [5.74, 6) is 0.158. The highest BCUT2D eigenvalue weighted by Crippen LogP contribution is 2.19. The van der Waals surface area contributed by atoms with Crippen LogP contribution in [0, 0.1) is 5.92 Å². The fourth-order valence-electron chi connectivity index (χ4n) is 2.39. The van der Waals surface area contributed by atoms with Gasteiger partial charge in [-0.05, 0) is 36.4 Å². The average molecular weight is 363 g/mol. The van der Waals surface area contributed by atoms with Crippen LogP contribution in [0.15, 0.2) is 65.3 Å². The van der Waals surface area contributed by atoms with Gasteiger partial charge in [-0.1, -0.05) is 32.0 Å². The van der Waals surface area contributed by atoms with Crippen LogP contribution < -0.4 is 10.6 Å². The summed E-state index contributed by atoms with van der Waals surface area (Å²) in [6.45, 7) is 3.66. The van der Waals surface area contributed by atoms with E-state index >= 15 is 0 Å². The van der Waals surface area contributed by atoms with Crippen LogP contribution in [0.4, 0.5) is 11.4 Å². The fraction of sp³-hybridized carbons (Fsp3) is 0.190. The molecule has 2 N–H and O–H groups in total. The van der Waals surface area contributed by atoms with Crippen molar-refractivity contribution in [3.05, 3.63) is 66.6 Å². The number of carbonyl (C=O) groups excluding carboxylic acids is 2.